The minimum Gasteiger partial charge on any atom is -0.325 e. The fourth-order valence-electron chi connectivity index (χ4n) is 6.36. The molecule has 1 aliphatic heterocycles. The first-order valence-electron chi connectivity index (χ1n) is 13.6. The molecule has 5 aromatic rings. The molecule has 0 radical (unpaired) electrons. The molecule has 0 saturated heterocycles. The highest BCUT2D eigenvalue weighted by molar-refractivity contribution is 6.10. The van der Waals surface area contributed by atoms with Crippen molar-refractivity contribution in [2.75, 3.05) is 5.32 Å². The number of hydrogen-bond acceptors (Lipinski definition) is 1. The summed E-state index contributed by atoms with van der Waals surface area (Å²) < 4.78 is 4.62. The summed E-state index contributed by atoms with van der Waals surface area (Å²) in [5.74, 6) is -0.0579. The van der Waals surface area contributed by atoms with Crippen molar-refractivity contribution in [3.05, 3.63) is 107 Å². The summed E-state index contributed by atoms with van der Waals surface area (Å²) in [6.07, 6.45) is 10.2. The molecule has 3 heterocycles. The molecule has 0 bridgehead atoms. The molecule has 1 N–H and O–H groups in total. The lowest BCUT2D eigenvalue weighted by Gasteiger charge is -2.17. The average molecular weight is 486 g/mol. The molecule has 2 aromatic heterocycles. The Labute approximate surface area is 217 Å². The Balaban J connectivity index is 1.48. The molecule has 1 aliphatic carbocycles. The van der Waals surface area contributed by atoms with E-state index in [1.54, 1.807) is 0 Å². The van der Waals surface area contributed by atoms with Crippen molar-refractivity contribution in [1.29, 1.82) is 0 Å². The van der Waals surface area contributed by atoms with Crippen LogP contribution in [0.4, 0.5) is 5.69 Å². The quantitative estimate of drug-likeness (QED) is 0.281. The summed E-state index contributed by atoms with van der Waals surface area (Å²) in [5.41, 5.74) is 11.6. The fourth-order valence-corrected chi connectivity index (χ4v) is 6.36. The number of benzene rings is 3. The largest absolute Gasteiger partial charge is 0.325 e. The summed E-state index contributed by atoms with van der Waals surface area (Å²) in [5, 5.41) is 3.20. The Hall–Kier alpha value is -4.05. The zero-order valence-electron chi connectivity index (χ0n) is 21.0. The molecule has 0 fully saturated rings. The van der Waals surface area contributed by atoms with Gasteiger partial charge in [0.05, 0.1) is 5.69 Å². The van der Waals surface area contributed by atoms with Gasteiger partial charge in [-0.2, -0.15) is 0 Å². The fraction of sp³-hybridized carbons (Fsp3) is 0.242. The van der Waals surface area contributed by atoms with Crippen LogP contribution < -0.4 is 5.32 Å². The molecule has 184 valence electrons. The number of nitrogens with one attached hydrogen (secondary N) is 1. The Morgan fingerprint density at radius 3 is 2.27 bits per heavy atom. The molecule has 37 heavy (non-hydrogen) atoms. The number of aryl methyl sites for hydroxylation is 4. The van der Waals surface area contributed by atoms with Crippen molar-refractivity contribution >= 4 is 17.2 Å². The number of anilines is 1. The second kappa shape index (κ2) is 9.11. The highest BCUT2D eigenvalue weighted by atomic mass is 16.1. The van der Waals surface area contributed by atoms with Crippen molar-refractivity contribution in [1.82, 2.24) is 8.97 Å². The maximum Gasteiger partial charge on any atom is 0.273 e. The number of para-hydroxylation sites is 1. The van der Waals surface area contributed by atoms with E-state index in [0.29, 0.717) is 0 Å². The Kier molecular flexibility index (Phi) is 5.46. The number of nitrogens with zero attached hydrogens (tertiary/aromatic N) is 2. The van der Waals surface area contributed by atoms with E-state index < -0.39 is 0 Å². The minimum absolute atomic E-state index is 0.0579. The summed E-state index contributed by atoms with van der Waals surface area (Å²) in [6, 6.07) is 27.3. The van der Waals surface area contributed by atoms with Gasteiger partial charge in [0.15, 0.2) is 0 Å². The van der Waals surface area contributed by atoms with E-state index in [0.717, 1.165) is 55.6 Å². The molecule has 7 rings (SSSR count). The number of imidazole rings is 1. The van der Waals surface area contributed by atoms with Crippen LogP contribution in [0.25, 0.3) is 28.0 Å². The van der Waals surface area contributed by atoms with E-state index in [1.165, 1.54) is 52.0 Å². The van der Waals surface area contributed by atoms with Gasteiger partial charge in [-0.05, 0) is 79.3 Å². The molecule has 1 amide bonds. The monoisotopic (exact) mass is 485 g/mol. The maximum absolute atomic E-state index is 14.1. The van der Waals surface area contributed by atoms with Gasteiger partial charge >= 0.3 is 0 Å². The number of fused-ring (bicyclic) bond motifs is 1. The molecule has 0 spiro atoms. The SMILES string of the molecule is O=C(Nc1ccccc1)c1c(-c2ccc3c(c2)CCCC3)c2c3n(c(-c4ccccc4)cn13)CCCC2. The van der Waals surface area contributed by atoms with Gasteiger partial charge in [-0.25, -0.2) is 0 Å². The van der Waals surface area contributed by atoms with E-state index in [2.05, 4.69) is 69.0 Å². The van der Waals surface area contributed by atoms with Gasteiger partial charge in [0.2, 0.25) is 0 Å². The standard InChI is InChI=1S/C33H31N3O/c37-32(34-27-15-5-2-6-16-27)31-30(26-19-18-23-11-7-8-14-25(23)21-26)28-17-9-10-20-35-29(22-36(31)33(28)35)24-12-3-1-4-13-24/h1-6,12-13,15-16,18-19,21-22H,7-11,14,17,20H2,(H,34,37). The average Bonchev–Trinajstić information content (AvgIpc) is 3.37. The topological polar surface area (TPSA) is 38.4 Å². The number of amides is 1. The van der Waals surface area contributed by atoms with E-state index in [4.69, 9.17) is 0 Å². The van der Waals surface area contributed by atoms with Crippen LogP contribution in [-0.2, 0) is 25.8 Å². The van der Waals surface area contributed by atoms with Crippen molar-refractivity contribution in [3.8, 4) is 22.4 Å². The third-order valence-corrected chi connectivity index (χ3v) is 8.09. The van der Waals surface area contributed by atoms with Crippen LogP contribution in [0.5, 0.6) is 0 Å². The van der Waals surface area contributed by atoms with Gasteiger partial charge in [0, 0.05) is 29.6 Å². The Bertz CT molecular complexity index is 1610. The number of rotatable bonds is 4. The van der Waals surface area contributed by atoms with Crippen LogP contribution >= 0.6 is 0 Å². The smallest absolute Gasteiger partial charge is 0.273 e. The molecule has 4 heteroatoms. The van der Waals surface area contributed by atoms with Gasteiger partial charge in [-0.15, -0.1) is 0 Å². The van der Waals surface area contributed by atoms with E-state index in [-0.39, 0.29) is 5.91 Å². The second-order valence-electron chi connectivity index (χ2n) is 10.4. The third-order valence-electron chi connectivity index (χ3n) is 8.09. The molecule has 4 nitrogen and oxygen atoms in total. The van der Waals surface area contributed by atoms with Crippen LogP contribution in [0.1, 0.15) is 52.9 Å². The molecule has 3 aromatic carbocycles. The number of hydrogen-bond donors (Lipinski definition) is 1. The molecular weight excluding hydrogens is 454 g/mol. The molecule has 0 atom stereocenters. The first kappa shape index (κ1) is 22.2. The van der Waals surface area contributed by atoms with Crippen molar-refractivity contribution in [3.63, 3.8) is 0 Å². The normalized spacial score (nSPS) is 14.8. The lowest BCUT2D eigenvalue weighted by Crippen LogP contribution is -2.15. The lowest BCUT2D eigenvalue weighted by molar-refractivity contribution is 0.102. The van der Waals surface area contributed by atoms with Crippen LogP contribution in [-0.4, -0.2) is 14.9 Å². The van der Waals surface area contributed by atoms with Gasteiger partial charge in [-0.1, -0.05) is 66.7 Å². The second-order valence-corrected chi connectivity index (χ2v) is 10.4. The van der Waals surface area contributed by atoms with E-state index in [9.17, 15) is 4.79 Å². The van der Waals surface area contributed by atoms with E-state index >= 15 is 0 Å². The number of aromatic nitrogens is 2. The van der Waals surface area contributed by atoms with Crippen LogP contribution in [0.2, 0.25) is 0 Å². The number of carbonyl (C=O) groups excluding carboxylic acids is 1. The molecule has 0 saturated carbocycles. The summed E-state index contributed by atoms with van der Waals surface area (Å²) in [4.78, 5) is 14.1. The summed E-state index contributed by atoms with van der Waals surface area (Å²) >= 11 is 0. The molecule has 0 unspecified atom stereocenters. The zero-order valence-corrected chi connectivity index (χ0v) is 21.0. The Morgan fingerprint density at radius 1 is 0.730 bits per heavy atom. The lowest BCUT2D eigenvalue weighted by atomic mass is 9.88. The highest BCUT2D eigenvalue weighted by Gasteiger charge is 2.30. The van der Waals surface area contributed by atoms with Crippen molar-refractivity contribution in [2.24, 2.45) is 0 Å². The zero-order chi connectivity index (χ0) is 24.8. The van der Waals surface area contributed by atoms with Gasteiger partial charge in [-0.3, -0.25) is 9.20 Å². The van der Waals surface area contributed by atoms with Crippen molar-refractivity contribution in [2.45, 2.75) is 51.5 Å². The van der Waals surface area contributed by atoms with Crippen molar-refractivity contribution < 1.29 is 4.79 Å². The minimum atomic E-state index is -0.0579. The van der Waals surface area contributed by atoms with E-state index in [1.807, 2.05) is 30.3 Å². The van der Waals surface area contributed by atoms with Crippen LogP contribution in [0.15, 0.2) is 85.1 Å². The predicted octanol–water partition coefficient (Wildman–Crippen LogP) is 7.54. The molecular formula is C33H31N3O. The first-order chi connectivity index (χ1) is 18.3. The van der Waals surface area contributed by atoms with Gasteiger partial charge in [0.1, 0.15) is 11.3 Å². The van der Waals surface area contributed by atoms with Gasteiger partial charge in [0.25, 0.3) is 5.91 Å². The maximum atomic E-state index is 14.1. The van der Waals surface area contributed by atoms with Crippen LogP contribution in [0, 0.1) is 0 Å². The molecule has 2 aliphatic rings. The summed E-state index contributed by atoms with van der Waals surface area (Å²) in [6.45, 7) is 0.959. The highest BCUT2D eigenvalue weighted by Crippen LogP contribution is 2.40. The van der Waals surface area contributed by atoms with Gasteiger partial charge < -0.3 is 9.88 Å². The third kappa shape index (κ3) is 3.79. The number of carbonyl (C=O) groups is 1. The first-order valence-corrected chi connectivity index (χ1v) is 13.6. The summed E-state index contributed by atoms with van der Waals surface area (Å²) in [7, 11) is 0. The Morgan fingerprint density at radius 2 is 1.46 bits per heavy atom. The van der Waals surface area contributed by atoms with Crippen LogP contribution in [0.3, 0.4) is 0 Å². The predicted molar refractivity (Wildman–Crippen MR) is 150 cm³/mol.